The van der Waals surface area contributed by atoms with Crippen LogP contribution in [0.25, 0.3) is 0 Å². The molecule has 162 valence electrons. The Morgan fingerprint density at radius 2 is 1.87 bits per heavy atom. The third kappa shape index (κ3) is 3.85. The van der Waals surface area contributed by atoms with E-state index in [2.05, 4.69) is 9.68 Å². The van der Waals surface area contributed by atoms with Gasteiger partial charge in [0.1, 0.15) is 5.75 Å². The van der Waals surface area contributed by atoms with E-state index in [1.54, 1.807) is 19.1 Å². The van der Waals surface area contributed by atoms with Gasteiger partial charge in [0.15, 0.2) is 5.11 Å². The lowest BCUT2D eigenvalue weighted by atomic mass is 9.49. The summed E-state index contributed by atoms with van der Waals surface area (Å²) in [6.07, 6.45) is 5.12. The van der Waals surface area contributed by atoms with Gasteiger partial charge in [0.25, 0.3) is 0 Å². The lowest BCUT2D eigenvalue weighted by Gasteiger charge is -2.62. The number of carbonyl (C=O) groups excluding carboxylic acids is 1. The van der Waals surface area contributed by atoms with Gasteiger partial charge in [0.05, 0.1) is 24.6 Å². The lowest BCUT2D eigenvalue weighted by molar-refractivity contribution is -0.141. The highest BCUT2D eigenvalue weighted by Crippen LogP contribution is 2.61. The number of nitrogens with zero attached hydrogens (tertiary/aromatic N) is 2. The molecule has 0 aromatic heterocycles. The van der Waals surface area contributed by atoms with E-state index >= 15 is 0 Å². The van der Waals surface area contributed by atoms with Gasteiger partial charge < -0.3 is 10.1 Å². The molecule has 0 aliphatic heterocycles. The van der Waals surface area contributed by atoms with Crippen molar-refractivity contribution >= 4 is 33.7 Å². The minimum Gasteiger partial charge on any atom is -0.497 e. The van der Waals surface area contributed by atoms with E-state index < -0.39 is 21.6 Å². The second kappa shape index (κ2) is 7.92. The van der Waals surface area contributed by atoms with Crippen LogP contribution < -0.4 is 10.1 Å². The fourth-order valence-electron chi connectivity index (χ4n) is 6.39. The van der Waals surface area contributed by atoms with Crippen molar-refractivity contribution in [3.8, 4) is 5.75 Å². The molecular weight excluding hydrogens is 422 g/mol. The molecule has 0 heterocycles. The topological polar surface area (TPSA) is 88.1 Å². The zero-order valence-electron chi connectivity index (χ0n) is 17.3. The van der Waals surface area contributed by atoms with Gasteiger partial charge >= 0.3 is 10.5 Å². The summed E-state index contributed by atoms with van der Waals surface area (Å²) < 4.78 is 32.3. The number of ether oxygens (including phenoxy) is 1. The van der Waals surface area contributed by atoms with Crippen LogP contribution in [0.3, 0.4) is 0 Å². The van der Waals surface area contributed by atoms with Gasteiger partial charge in [-0.15, -0.1) is 0 Å². The van der Waals surface area contributed by atoms with Crippen molar-refractivity contribution < 1.29 is 17.9 Å². The highest BCUT2D eigenvalue weighted by Gasteiger charge is 2.61. The molecule has 0 saturated heterocycles. The fraction of sp³-hybridized carbons (Fsp3) is 0.619. The number of hydrogen-bond donors (Lipinski definition) is 1. The molecule has 0 spiro atoms. The summed E-state index contributed by atoms with van der Waals surface area (Å²) in [6.45, 7) is 0. The second-order valence-corrected chi connectivity index (χ2v) is 10.0. The largest absolute Gasteiger partial charge is 0.497 e. The fourth-order valence-corrected chi connectivity index (χ4v) is 7.22. The van der Waals surface area contributed by atoms with Crippen LogP contribution in [0.5, 0.6) is 5.75 Å². The van der Waals surface area contributed by atoms with Crippen LogP contribution in [0.2, 0.25) is 0 Å². The Morgan fingerprint density at radius 1 is 1.23 bits per heavy atom. The molecular formula is C21H27N3O4S2. The molecule has 2 unspecified atom stereocenters. The highest BCUT2D eigenvalue weighted by atomic mass is 32.2. The highest BCUT2D eigenvalue weighted by molar-refractivity contribution is 7.80. The molecule has 2 atom stereocenters. The quantitative estimate of drug-likeness (QED) is 0.696. The van der Waals surface area contributed by atoms with Gasteiger partial charge in [-0.25, -0.2) is 0 Å². The molecule has 5 rings (SSSR count). The first kappa shape index (κ1) is 21.2. The van der Waals surface area contributed by atoms with Crippen LogP contribution >= 0.6 is 12.2 Å². The number of carbonyl (C=O) groups is 1. The molecule has 4 fully saturated rings. The summed E-state index contributed by atoms with van der Waals surface area (Å²) in [5.74, 6) is 1.41. The zero-order chi connectivity index (χ0) is 21.5. The summed E-state index contributed by atoms with van der Waals surface area (Å²) in [6, 6.07) is 7.44. The molecule has 4 aliphatic rings. The number of benzene rings is 1. The maximum Gasteiger partial charge on any atom is 0.311 e. The van der Waals surface area contributed by atoms with Gasteiger partial charge in [-0.3, -0.25) is 9.69 Å². The molecule has 4 saturated carbocycles. The van der Waals surface area contributed by atoms with Crippen molar-refractivity contribution in [2.45, 2.75) is 56.0 Å². The number of amides is 1. The van der Waals surface area contributed by atoms with Crippen LogP contribution in [-0.2, 0) is 21.7 Å². The lowest BCUT2D eigenvalue weighted by Crippen LogP contribution is -2.68. The predicted octanol–water partition coefficient (Wildman–Crippen LogP) is 2.72. The first-order valence-corrected chi connectivity index (χ1v) is 11.7. The summed E-state index contributed by atoms with van der Waals surface area (Å²) >= 11 is 5.59. The first-order valence-electron chi connectivity index (χ1n) is 10.3. The molecule has 0 radical (unpaired) electrons. The summed E-state index contributed by atoms with van der Waals surface area (Å²) in [4.78, 5) is 15.3. The van der Waals surface area contributed by atoms with E-state index in [1.807, 2.05) is 24.3 Å². The predicted molar refractivity (Wildman–Crippen MR) is 117 cm³/mol. The van der Waals surface area contributed by atoms with Crippen molar-refractivity contribution in [3.63, 3.8) is 0 Å². The van der Waals surface area contributed by atoms with Crippen LogP contribution in [0.4, 0.5) is 0 Å². The van der Waals surface area contributed by atoms with E-state index in [0.717, 1.165) is 43.4 Å². The number of rotatable bonds is 5. The molecule has 4 bridgehead atoms. The molecule has 9 heteroatoms. The minimum atomic E-state index is -2.46. The Morgan fingerprint density at radius 3 is 2.40 bits per heavy atom. The molecule has 1 aromatic rings. The van der Waals surface area contributed by atoms with Gasteiger partial charge in [0, 0.05) is 7.05 Å². The van der Waals surface area contributed by atoms with E-state index in [0.29, 0.717) is 23.4 Å². The molecule has 4 aliphatic carbocycles. The Bertz CT molecular complexity index is 968. The second-order valence-electron chi connectivity index (χ2n) is 9.03. The monoisotopic (exact) mass is 449 g/mol. The van der Waals surface area contributed by atoms with Crippen molar-refractivity contribution in [1.29, 1.82) is 0 Å². The number of methoxy groups -OCH3 is 1. The minimum absolute atomic E-state index is 0.0696. The number of hydrogen-bond acceptors (Lipinski definition) is 6. The molecule has 1 aromatic carbocycles. The average molecular weight is 450 g/mol. The normalized spacial score (nSPS) is 31.1. The Kier molecular flexibility index (Phi) is 5.61. The number of thiocarbonyl (C=S) groups is 1. The van der Waals surface area contributed by atoms with Crippen LogP contribution in [0.15, 0.2) is 28.6 Å². The van der Waals surface area contributed by atoms with Crippen molar-refractivity contribution in [2.24, 2.45) is 16.2 Å². The van der Waals surface area contributed by atoms with E-state index in [4.69, 9.17) is 17.0 Å². The van der Waals surface area contributed by atoms with E-state index in [-0.39, 0.29) is 12.3 Å². The maximum absolute atomic E-state index is 13.5. The van der Waals surface area contributed by atoms with Crippen LogP contribution in [0, 0.1) is 11.8 Å². The zero-order valence-corrected chi connectivity index (χ0v) is 18.9. The standard InChI is InChI=1S/C21H27N3O4S2/c1-22-19(29)24(18(25)8-14-3-5-17(28-2)6-4-14)21-11-15-7-16(12-21)10-20(9-15,13-21)23-30(26)27/h3-6,15-16H,7-13H2,1-2H3,(H,22,29). The van der Waals surface area contributed by atoms with Crippen molar-refractivity contribution in [3.05, 3.63) is 29.8 Å². The van der Waals surface area contributed by atoms with Crippen LogP contribution in [0.1, 0.15) is 44.1 Å². The number of nitrogens with one attached hydrogen (secondary N) is 1. The smallest absolute Gasteiger partial charge is 0.311 e. The van der Waals surface area contributed by atoms with Crippen molar-refractivity contribution in [2.75, 3.05) is 14.2 Å². The maximum atomic E-state index is 13.5. The Hall–Kier alpha value is -2.00. The van der Waals surface area contributed by atoms with Crippen molar-refractivity contribution in [1.82, 2.24) is 10.2 Å². The summed E-state index contributed by atoms with van der Waals surface area (Å²) in [5, 5.41) is 3.39. The van der Waals surface area contributed by atoms with Gasteiger partial charge in [-0.1, -0.05) is 12.1 Å². The van der Waals surface area contributed by atoms with E-state index in [1.165, 1.54) is 0 Å². The van der Waals surface area contributed by atoms with Gasteiger partial charge in [-0.05, 0) is 80.3 Å². The summed E-state index contributed by atoms with van der Waals surface area (Å²) in [5.41, 5.74) is -0.190. The molecule has 1 N–H and O–H groups in total. The Balaban J connectivity index is 1.67. The molecule has 7 nitrogen and oxygen atoms in total. The van der Waals surface area contributed by atoms with Gasteiger partial charge in [0.2, 0.25) is 5.91 Å². The SMILES string of the molecule is CNC(=S)N(C(=O)Cc1ccc(OC)cc1)C12CC3CC(CC(N=S(=O)=O)(C3)C1)C2. The Labute approximate surface area is 183 Å². The van der Waals surface area contributed by atoms with Crippen LogP contribution in [-0.4, -0.2) is 49.6 Å². The first-order chi connectivity index (χ1) is 14.3. The molecule has 1 amide bonds. The third-order valence-corrected chi connectivity index (χ3v) is 7.85. The third-order valence-electron chi connectivity index (χ3n) is 6.92. The molecule has 30 heavy (non-hydrogen) atoms. The van der Waals surface area contributed by atoms with Gasteiger partial charge in [-0.2, -0.15) is 12.8 Å². The van der Waals surface area contributed by atoms with E-state index in [9.17, 15) is 13.2 Å². The average Bonchev–Trinajstić information content (AvgIpc) is 2.66. The summed E-state index contributed by atoms with van der Waals surface area (Å²) in [7, 11) is 0.877.